The van der Waals surface area contributed by atoms with Crippen LogP contribution in [0.15, 0.2) is 84.9 Å². The quantitative estimate of drug-likeness (QED) is 0.252. The van der Waals surface area contributed by atoms with Crippen LogP contribution in [0.1, 0.15) is 48.1 Å². The van der Waals surface area contributed by atoms with Gasteiger partial charge in [-0.3, -0.25) is 0 Å². The second-order valence-corrected chi connectivity index (χ2v) is 10.2. The van der Waals surface area contributed by atoms with Gasteiger partial charge in [0.1, 0.15) is 0 Å². The zero-order chi connectivity index (χ0) is 24.8. The van der Waals surface area contributed by atoms with E-state index in [9.17, 15) is 0 Å². The van der Waals surface area contributed by atoms with Crippen molar-refractivity contribution >= 4 is 39.3 Å². The van der Waals surface area contributed by atoms with E-state index in [0.717, 1.165) is 12.8 Å². The van der Waals surface area contributed by atoms with Gasteiger partial charge in [0.15, 0.2) is 0 Å². The van der Waals surface area contributed by atoms with Crippen LogP contribution in [0.25, 0.3) is 50.4 Å². The van der Waals surface area contributed by atoms with Gasteiger partial charge < -0.3 is 0 Å². The Kier molecular flexibility index (Phi) is 5.61. The number of hydrogen-bond acceptors (Lipinski definition) is 0. The smallest absolute Gasteiger partial charge is 0.00165 e. The van der Waals surface area contributed by atoms with E-state index < -0.39 is 0 Å². The normalized spacial score (nSPS) is 13.6. The van der Waals surface area contributed by atoms with Gasteiger partial charge in [0.25, 0.3) is 0 Å². The van der Waals surface area contributed by atoms with E-state index >= 15 is 0 Å². The first-order valence-electron chi connectivity index (χ1n) is 13.0. The Morgan fingerprint density at radius 1 is 0.778 bits per heavy atom. The van der Waals surface area contributed by atoms with Crippen LogP contribution in [0, 0.1) is 13.8 Å². The fraction of sp³-hybridized carbons (Fsp3) is 0.167. The van der Waals surface area contributed by atoms with Crippen LogP contribution in [0.2, 0.25) is 0 Å². The highest BCUT2D eigenvalue weighted by molar-refractivity contribution is 5.96. The molecular formula is C36H32. The molecule has 0 unspecified atom stereocenters. The number of hydrogen-bond donors (Lipinski definition) is 0. The molecule has 0 fully saturated rings. The maximum Gasteiger partial charge on any atom is -0.00165 e. The number of benzene rings is 5. The maximum absolute atomic E-state index is 2.35. The van der Waals surface area contributed by atoms with Crippen LogP contribution < -0.4 is 10.4 Å². The first-order valence-corrected chi connectivity index (χ1v) is 13.0. The molecule has 0 saturated carbocycles. The summed E-state index contributed by atoms with van der Waals surface area (Å²) in [6.45, 7) is 8.90. The lowest BCUT2D eigenvalue weighted by molar-refractivity contribution is 1.18. The van der Waals surface area contributed by atoms with Crippen molar-refractivity contribution in [2.75, 3.05) is 0 Å². The monoisotopic (exact) mass is 464 g/mol. The van der Waals surface area contributed by atoms with Crippen molar-refractivity contribution < 1.29 is 0 Å². The molecule has 1 aliphatic rings. The van der Waals surface area contributed by atoms with Gasteiger partial charge in [-0.2, -0.15) is 0 Å². The number of fused-ring (bicyclic) bond motifs is 1. The molecule has 0 N–H and O–H groups in total. The van der Waals surface area contributed by atoms with Crippen molar-refractivity contribution in [1.29, 1.82) is 0 Å². The third kappa shape index (κ3) is 3.69. The Balaban J connectivity index is 1.50. The molecule has 176 valence electrons. The Morgan fingerprint density at radius 3 is 2.44 bits per heavy atom. The van der Waals surface area contributed by atoms with E-state index in [1.165, 1.54) is 76.5 Å². The van der Waals surface area contributed by atoms with E-state index in [-0.39, 0.29) is 0 Å². The van der Waals surface area contributed by atoms with Crippen LogP contribution in [-0.4, -0.2) is 0 Å². The average Bonchev–Trinajstić information content (AvgIpc) is 3.06. The lowest BCUT2D eigenvalue weighted by Gasteiger charge is -2.15. The topological polar surface area (TPSA) is 0 Å². The summed E-state index contributed by atoms with van der Waals surface area (Å²) in [4.78, 5) is 0. The minimum Gasteiger partial charge on any atom is -0.0798 e. The lowest BCUT2D eigenvalue weighted by Crippen LogP contribution is -2.15. The van der Waals surface area contributed by atoms with Gasteiger partial charge in [-0.15, -0.1) is 0 Å². The van der Waals surface area contributed by atoms with Crippen molar-refractivity contribution in [3.8, 4) is 11.1 Å². The molecule has 0 amide bonds. The third-order valence-corrected chi connectivity index (χ3v) is 8.04. The van der Waals surface area contributed by atoms with Gasteiger partial charge in [-0.25, -0.2) is 0 Å². The Hall–Kier alpha value is -3.90. The minimum absolute atomic E-state index is 0.936. The van der Waals surface area contributed by atoms with Crippen LogP contribution in [0.4, 0.5) is 0 Å². The molecule has 5 aromatic rings. The van der Waals surface area contributed by atoms with Gasteiger partial charge in [-0.05, 0) is 118 Å². The molecule has 0 heteroatoms. The van der Waals surface area contributed by atoms with E-state index in [2.05, 4.69) is 125 Å². The second kappa shape index (κ2) is 8.95. The molecule has 0 bridgehead atoms. The second-order valence-electron chi connectivity index (χ2n) is 10.2. The van der Waals surface area contributed by atoms with E-state index in [0.29, 0.717) is 0 Å². The SMILES string of the molecule is C/C=c1/ccc2c3c(ccc(Cc4ccc5cc(-c6ccccc6C)ccc5c4C)c13)C=CCC=2C. The molecule has 1 aliphatic carbocycles. The summed E-state index contributed by atoms with van der Waals surface area (Å²) in [6.07, 6.45) is 8.82. The molecule has 5 aromatic carbocycles. The molecule has 0 saturated heterocycles. The van der Waals surface area contributed by atoms with Crippen molar-refractivity contribution in [1.82, 2.24) is 0 Å². The molecule has 0 spiro atoms. The van der Waals surface area contributed by atoms with Crippen LogP contribution in [0.3, 0.4) is 0 Å². The Labute approximate surface area is 213 Å². The summed E-state index contributed by atoms with van der Waals surface area (Å²) in [5.41, 5.74) is 10.9. The first kappa shape index (κ1) is 22.6. The van der Waals surface area contributed by atoms with Gasteiger partial charge in [0.05, 0.1) is 0 Å². The van der Waals surface area contributed by atoms with Gasteiger partial charge in [0.2, 0.25) is 0 Å². The van der Waals surface area contributed by atoms with Crippen LogP contribution in [0.5, 0.6) is 0 Å². The molecule has 6 rings (SSSR count). The highest BCUT2D eigenvalue weighted by Gasteiger charge is 2.13. The highest BCUT2D eigenvalue weighted by atomic mass is 14.2. The van der Waals surface area contributed by atoms with Crippen molar-refractivity contribution in [3.63, 3.8) is 0 Å². The predicted molar refractivity (Wildman–Crippen MR) is 158 cm³/mol. The van der Waals surface area contributed by atoms with E-state index in [1.807, 2.05) is 0 Å². The molecule has 0 aliphatic heterocycles. The molecule has 36 heavy (non-hydrogen) atoms. The summed E-state index contributed by atoms with van der Waals surface area (Å²) in [5.74, 6) is 0. The van der Waals surface area contributed by atoms with Gasteiger partial charge in [0, 0.05) is 0 Å². The van der Waals surface area contributed by atoms with E-state index in [1.54, 1.807) is 0 Å². The Bertz CT molecular complexity index is 1810. The summed E-state index contributed by atoms with van der Waals surface area (Å²) in [6, 6.07) is 29.5. The Morgan fingerprint density at radius 2 is 1.61 bits per heavy atom. The highest BCUT2D eigenvalue weighted by Crippen LogP contribution is 2.31. The third-order valence-electron chi connectivity index (χ3n) is 8.04. The molecule has 0 heterocycles. The van der Waals surface area contributed by atoms with Crippen LogP contribution in [-0.2, 0) is 6.42 Å². The summed E-state index contributed by atoms with van der Waals surface area (Å²) < 4.78 is 0. The zero-order valence-corrected chi connectivity index (χ0v) is 21.7. The van der Waals surface area contributed by atoms with Crippen molar-refractivity contribution in [2.24, 2.45) is 0 Å². The zero-order valence-electron chi connectivity index (χ0n) is 21.7. The standard InChI is InChI=1S/C36H32/c1-5-26-17-19-33-24(3)10-8-11-27-13-16-31(35(26)36(27)33)21-28-14-15-30-22-29(18-20-34(30)25(28)4)32-12-7-6-9-23(32)2/h5-9,11-20,22H,10,21H2,1-4H3/b26-5-. The number of rotatable bonds is 3. The van der Waals surface area contributed by atoms with Crippen molar-refractivity contribution in [3.05, 3.63) is 123 Å². The summed E-state index contributed by atoms with van der Waals surface area (Å²) in [5, 5.41) is 8.21. The maximum atomic E-state index is 2.35. The predicted octanol–water partition coefficient (Wildman–Crippen LogP) is 8.26. The molecule has 0 aromatic heterocycles. The fourth-order valence-electron chi connectivity index (χ4n) is 5.97. The largest absolute Gasteiger partial charge is 0.0798 e. The fourth-order valence-corrected chi connectivity index (χ4v) is 5.97. The molecule has 0 atom stereocenters. The van der Waals surface area contributed by atoms with Gasteiger partial charge in [-0.1, -0.05) is 96.6 Å². The van der Waals surface area contributed by atoms with Crippen LogP contribution >= 0.6 is 0 Å². The lowest BCUT2D eigenvalue weighted by atomic mass is 9.89. The molecule has 0 nitrogen and oxygen atoms in total. The van der Waals surface area contributed by atoms with E-state index in [4.69, 9.17) is 0 Å². The number of allylic oxidation sites excluding steroid dienone is 1. The average molecular weight is 465 g/mol. The van der Waals surface area contributed by atoms with Crippen molar-refractivity contribution in [2.45, 2.75) is 40.5 Å². The molecular weight excluding hydrogens is 432 g/mol. The molecule has 0 radical (unpaired) electrons. The minimum atomic E-state index is 0.936. The summed E-state index contributed by atoms with van der Waals surface area (Å²) in [7, 11) is 0. The van der Waals surface area contributed by atoms with Gasteiger partial charge >= 0.3 is 0 Å². The summed E-state index contributed by atoms with van der Waals surface area (Å²) >= 11 is 0. The first-order chi connectivity index (χ1) is 17.5. The number of aryl methyl sites for hydroxylation is 2.